The maximum absolute atomic E-state index is 13.5. The van der Waals surface area contributed by atoms with Gasteiger partial charge < -0.3 is 10.2 Å². The third kappa shape index (κ3) is 3.48. The predicted molar refractivity (Wildman–Crippen MR) is 71.0 cm³/mol. The van der Waals surface area contributed by atoms with Crippen LogP contribution in [-0.2, 0) is 5.75 Å². The van der Waals surface area contributed by atoms with Crippen molar-refractivity contribution in [2.75, 3.05) is 0 Å². The molecule has 0 aliphatic rings. The Hall–Kier alpha value is -2.01. The fourth-order valence-corrected chi connectivity index (χ4v) is 2.43. The lowest BCUT2D eigenvalue weighted by molar-refractivity contribution is 0.0696. The molecule has 0 saturated carbocycles. The summed E-state index contributed by atoms with van der Waals surface area (Å²) in [7, 11) is 0. The SMILES string of the molecule is O=C(O)c1ccc(F)c(SCc2ccc(O)cc2)c1. The van der Waals surface area contributed by atoms with Gasteiger partial charge in [-0.1, -0.05) is 12.1 Å². The van der Waals surface area contributed by atoms with Crippen LogP contribution in [0.5, 0.6) is 5.75 Å². The van der Waals surface area contributed by atoms with Gasteiger partial charge in [-0.05, 0) is 35.9 Å². The van der Waals surface area contributed by atoms with Crippen LogP contribution in [0.3, 0.4) is 0 Å². The number of halogens is 1. The molecule has 0 spiro atoms. The lowest BCUT2D eigenvalue weighted by Crippen LogP contribution is -1.97. The molecular formula is C14H11FO3S. The van der Waals surface area contributed by atoms with E-state index in [1.54, 1.807) is 24.3 Å². The highest BCUT2D eigenvalue weighted by molar-refractivity contribution is 7.98. The first-order valence-electron chi connectivity index (χ1n) is 5.50. The average molecular weight is 278 g/mol. The van der Waals surface area contributed by atoms with Gasteiger partial charge in [0.2, 0.25) is 0 Å². The third-order valence-electron chi connectivity index (χ3n) is 2.51. The molecule has 0 unspecified atom stereocenters. The van der Waals surface area contributed by atoms with Crippen molar-refractivity contribution in [2.45, 2.75) is 10.6 Å². The van der Waals surface area contributed by atoms with E-state index in [-0.39, 0.29) is 11.3 Å². The number of hydrogen-bond donors (Lipinski definition) is 2. The Labute approximate surface area is 113 Å². The van der Waals surface area contributed by atoms with Crippen molar-refractivity contribution in [1.82, 2.24) is 0 Å². The van der Waals surface area contributed by atoms with E-state index < -0.39 is 11.8 Å². The van der Waals surface area contributed by atoms with Gasteiger partial charge in [-0.15, -0.1) is 11.8 Å². The van der Waals surface area contributed by atoms with Crippen LogP contribution >= 0.6 is 11.8 Å². The Kier molecular flexibility index (Phi) is 4.06. The van der Waals surface area contributed by atoms with Crippen molar-refractivity contribution in [2.24, 2.45) is 0 Å². The Morgan fingerprint density at radius 3 is 2.47 bits per heavy atom. The number of carbonyl (C=O) groups is 1. The summed E-state index contributed by atoms with van der Waals surface area (Å²) in [5.74, 6) is -0.839. The van der Waals surface area contributed by atoms with Crippen LogP contribution in [0.1, 0.15) is 15.9 Å². The van der Waals surface area contributed by atoms with Crippen LogP contribution in [0.15, 0.2) is 47.4 Å². The molecule has 19 heavy (non-hydrogen) atoms. The van der Waals surface area contributed by atoms with E-state index in [9.17, 15) is 9.18 Å². The molecule has 0 amide bonds. The molecule has 5 heteroatoms. The topological polar surface area (TPSA) is 57.5 Å². The van der Waals surface area contributed by atoms with E-state index in [1.807, 2.05) is 0 Å². The number of carboxylic acid groups (broad SMARTS) is 1. The van der Waals surface area contributed by atoms with Crippen molar-refractivity contribution < 1.29 is 19.4 Å². The summed E-state index contributed by atoms with van der Waals surface area (Å²) in [6, 6.07) is 10.3. The molecule has 0 aliphatic heterocycles. The van der Waals surface area contributed by atoms with Crippen molar-refractivity contribution in [3.05, 3.63) is 59.4 Å². The summed E-state index contributed by atoms with van der Waals surface area (Å²) in [5.41, 5.74) is 0.984. The van der Waals surface area contributed by atoms with Gasteiger partial charge in [0, 0.05) is 10.6 Å². The first-order chi connectivity index (χ1) is 9.06. The van der Waals surface area contributed by atoms with Crippen LogP contribution in [0.2, 0.25) is 0 Å². The molecule has 0 fully saturated rings. The minimum atomic E-state index is -1.08. The van der Waals surface area contributed by atoms with Crippen molar-refractivity contribution in [1.29, 1.82) is 0 Å². The van der Waals surface area contributed by atoms with Gasteiger partial charge >= 0.3 is 5.97 Å². The maximum Gasteiger partial charge on any atom is 0.335 e. The normalized spacial score (nSPS) is 10.4. The zero-order valence-electron chi connectivity index (χ0n) is 9.84. The largest absolute Gasteiger partial charge is 0.508 e. The monoisotopic (exact) mass is 278 g/mol. The number of hydrogen-bond acceptors (Lipinski definition) is 3. The minimum Gasteiger partial charge on any atom is -0.508 e. The molecule has 0 atom stereocenters. The quantitative estimate of drug-likeness (QED) is 0.840. The molecule has 0 saturated heterocycles. The molecule has 3 nitrogen and oxygen atoms in total. The molecule has 2 N–H and O–H groups in total. The van der Waals surface area contributed by atoms with E-state index in [0.717, 1.165) is 11.6 Å². The number of phenols is 1. The predicted octanol–water partition coefficient (Wildman–Crippen LogP) is 3.52. The highest BCUT2D eigenvalue weighted by atomic mass is 32.2. The molecule has 0 radical (unpaired) electrons. The number of phenolic OH excluding ortho intramolecular Hbond substituents is 1. The highest BCUT2D eigenvalue weighted by Gasteiger charge is 2.09. The Morgan fingerprint density at radius 1 is 1.16 bits per heavy atom. The molecule has 98 valence electrons. The third-order valence-corrected chi connectivity index (χ3v) is 3.61. The number of benzene rings is 2. The number of thioether (sulfide) groups is 1. The standard InChI is InChI=1S/C14H11FO3S/c15-12-6-3-10(14(17)18)7-13(12)19-8-9-1-4-11(16)5-2-9/h1-7,16H,8H2,(H,17,18). The van der Waals surface area contributed by atoms with Crippen LogP contribution in [0.4, 0.5) is 4.39 Å². The Bertz CT molecular complexity index is 596. The van der Waals surface area contributed by atoms with Gasteiger partial charge in [0.15, 0.2) is 0 Å². The summed E-state index contributed by atoms with van der Waals surface area (Å²) in [4.78, 5) is 11.1. The van der Waals surface area contributed by atoms with E-state index in [2.05, 4.69) is 0 Å². The van der Waals surface area contributed by atoms with E-state index in [0.29, 0.717) is 10.6 Å². The van der Waals surface area contributed by atoms with Crippen molar-refractivity contribution in [3.8, 4) is 5.75 Å². The zero-order valence-corrected chi connectivity index (χ0v) is 10.7. The summed E-state index contributed by atoms with van der Waals surface area (Å²) in [6.45, 7) is 0. The van der Waals surface area contributed by atoms with Crippen molar-refractivity contribution in [3.63, 3.8) is 0 Å². The maximum atomic E-state index is 13.5. The molecule has 0 heterocycles. The molecule has 2 aromatic rings. The van der Waals surface area contributed by atoms with Crippen LogP contribution in [-0.4, -0.2) is 16.2 Å². The summed E-state index contributed by atoms with van der Waals surface area (Å²) in [5, 5.41) is 18.0. The summed E-state index contributed by atoms with van der Waals surface area (Å²) < 4.78 is 13.5. The van der Waals surface area contributed by atoms with Crippen LogP contribution in [0, 0.1) is 5.82 Å². The molecular weight excluding hydrogens is 267 g/mol. The summed E-state index contributed by atoms with van der Waals surface area (Å²) >= 11 is 1.22. The Balaban J connectivity index is 2.12. The van der Waals surface area contributed by atoms with E-state index in [1.165, 1.54) is 23.9 Å². The van der Waals surface area contributed by atoms with E-state index in [4.69, 9.17) is 10.2 Å². The van der Waals surface area contributed by atoms with E-state index >= 15 is 0 Å². The zero-order chi connectivity index (χ0) is 13.8. The van der Waals surface area contributed by atoms with Gasteiger partial charge in [0.05, 0.1) is 5.56 Å². The second-order valence-electron chi connectivity index (χ2n) is 3.91. The first kappa shape index (κ1) is 13.4. The number of aromatic hydroxyl groups is 1. The van der Waals surface area contributed by atoms with Gasteiger partial charge in [0.25, 0.3) is 0 Å². The lowest BCUT2D eigenvalue weighted by Gasteiger charge is -2.05. The fourth-order valence-electron chi connectivity index (χ4n) is 1.50. The van der Waals surface area contributed by atoms with Crippen LogP contribution in [0.25, 0.3) is 0 Å². The van der Waals surface area contributed by atoms with Gasteiger partial charge in [-0.25, -0.2) is 9.18 Å². The molecule has 2 rings (SSSR count). The van der Waals surface area contributed by atoms with Gasteiger partial charge in [-0.2, -0.15) is 0 Å². The first-order valence-corrected chi connectivity index (χ1v) is 6.48. The number of carboxylic acids is 1. The average Bonchev–Trinajstić information content (AvgIpc) is 2.39. The highest BCUT2D eigenvalue weighted by Crippen LogP contribution is 2.27. The second-order valence-corrected chi connectivity index (χ2v) is 4.92. The van der Waals surface area contributed by atoms with Gasteiger partial charge in [-0.3, -0.25) is 0 Å². The smallest absolute Gasteiger partial charge is 0.335 e. The molecule has 0 aliphatic carbocycles. The molecule has 0 aromatic heterocycles. The van der Waals surface area contributed by atoms with Crippen molar-refractivity contribution >= 4 is 17.7 Å². The number of aromatic carboxylic acids is 1. The summed E-state index contributed by atoms with van der Waals surface area (Å²) in [6.07, 6.45) is 0. The second kappa shape index (κ2) is 5.75. The molecule has 2 aromatic carbocycles. The fraction of sp³-hybridized carbons (Fsp3) is 0.0714. The molecule has 0 bridgehead atoms. The minimum absolute atomic E-state index is 0.0645. The Morgan fingerprint density at radius 2 is 1.84 bits per heavy atom. The van der Waals surface area contributed by atoms with Crippen LogP contribution < -0.4 is 0 Å². The van der Waals surface area contributed by atoms with Gasteiger partial charge in [0.1, 0.15) is 11.6 Å². The lowest BCUT2D eigenvalue weighted by atomic mass is 10.2. The number of rotatable bonds is 4.